The van der Waals surface area contributed by atoms with Crippen LogP contribution in [0.2, 0.25) is 0 Å². The van der Waals surface area contributed by atoms with Gasteiger partial charge in [0.15, 0.2) is 0 Å². The SMILES string of the molecule is CC(C)Oc1cccc(CNC(=O)Nc2ccc(CC(=O)N3CCSCC3)cc2)c1. The van der Waals surface area contributed by atoms with Crippen LogP contribution in [0.4, 0.5) is 10.5 Å². The lowest BCUT2D eigenvalue weighted by atomic mass is 10.1. The van der Waals surface area contributed by atoms with E-state index in [-0.39, 0.29) is 18.0 Å². The number of benzene rings is 2. The Hall–Kier alpha value is -2.67. The second-order valence-corrected chi connectivity index (χ2v) is 8.71. The molecule has 160 valence electrons. The predicted molar refractivity (Wildman–Crippen MR) is 122 cm³/mol. The Balaban J connectivity index is 1.45. The van der Waals surface area contributed by atoms with Gasteiger partial charge in [0, 0.05) is 36.8 Å². The van der Waals surface area contributed by atoms with Crippen LogP contribution in [0, 0.1) is 0 Å². The summed E-state index contributed by atoms with van der Waals surface area (Å²) in [5, 5.41) is 5.67. The summed E-state index contributed by atoms with van der Waals surface area (Å²) < 4.78 is 5.68. The topological polar surface area (TPSA) is 70.7 Å². The van der Waals surface area contributed by atoms with Crippen LogP contribution >= 0.6 is 11.8 Å². The fourth-order valence-corrected chi connectivity index (χ4v) is 4.07. The minimum absolute atomic E-state index is 0.105. The summed E-state index contributed by atoms with van der Waals surface area (Å²) in [7, 11) is 0. The van der Waals surface area contributed by atoms with Gasteiger partial charge in [0.1, 0.15) is 5.75 Å². The highest BCUT2D eigenvalue weighted by Gasteiger charge is 2.16. The number of amides is 3. The number of nitrogens with zero attached hydrogens (tertiary/aromatic N) is 1. The molecule has 1 heterocycles. The monoisotopic (exact) mass is 427 g/mol. The van der Waals surface area contributed by atoms with Crippen molar-refractivity contribution in [3.8, 4) is 5.75 Å². The first-order chi connectivity index (χ1) is 14.5. The highest BCUT2D eigenvalue weighted by molar-refractivity contribution is 7.99. The number of anilines is 1. The van der Waals surface area contributed by atoms with Gasteiger partial charge in [-0.2, -0.15) is 11.8 Å². The maximum Gasteiger partial charge on any atom is 0.319 e. The van der Waals surface area contributed by atoms with Crippen molar-refractivity contribution in [3.05, 3.63) is 59.7 Å². The Labute approximate surface area is 182 Å². The van der Waals surface area contributed by atoms with E-state index in [4.69, 9.17) is 4.74 Å². The highest BCUT2D eigenvalue weighted by Crippen LogP contribution is 2.16. The Kier molecular flexibility index (Phi) is 8.02. The molecule has 1 aliphatic heterocycles. The van der Waals surface area contributed by atoms with Gasteiger partial charge in [0.05, 0.1) is 12.5 Å². The smallest absolute Gasteiger partial charge is 0.319 e. The normalized spacial score (nSPS) is 13.8. The maximum absolute atomic E-state index is 12.4. The zero-order valence-corrected chi connectivity index (χ0v) is 18.3. The van der Waals surface area contributed by atoms with Gasteiger partial charge in [-0.15, -0.1) is 0 Å². The number of nitrogens with one attached hydrogen (secondary N) is 2. The molecule has 0 aromatic heterocycles. The summed E-state index contributed by atoms with van der Waals surface area (Å²) >= 11 is 1.89. The number of ether oxygens (including phenoxy) is 1. The molecule has 3 amide bonds. The van der Waals surface area contributed by atoms with E-state index in [0.29, 0.717) is 18.7 Å². The third-order valence-corrected chi connectivity index (χ3v) is 5.60. The molecular weight excluding hydrogens is 398 g/mol. The number of hydrogen-bond acceptors (Lipinski definition) is 4. The van der Waals surface area contributed by atoms with Crippen molar-refractivity contribution in [1.29, 1.82) is 0 Å². The highest BCUT2D eigenvalue weighted by atomic mass is 32.2. The molecule has 0 atom stereocenters. The third kappa shape index (κ3) is 6.99. The van der Waals surface area contributed by atoms with E-state index in [1.807, 2.05) is 79.0 Å². The first-order valence-electron chi connectivity index (χ1n) is 10.2. The molecule has 2 aromatic carbocycles. The van der Waals surface area contributed by atoms with Crippen LogP contribution < -0.4 is 15.4 Å². The van der Waals surface area contributed by atoms with Gasteiger partial charge >= 0.3 is 6.03 Å². The van der Waals surface area contributed by atoms with Gasteiger partial charge in [0.2, 0.25) is 5.91 Å². The van der Waals surface area contributed by atoms with E-state index < -0.39 is 0 Å². The lowest BCUT2D eigenvalue weighted by Crippen LogP contribution is -2.38. The summed E-state index contributed by atoms with van der Waals surface area (Å²) in [6.45, 7) is 6.02. The van der Waals surface area contributed by atoms with Crippen molar-refractivity contribution >= 4 is 29.4 Å². The first kappa shape index (κ1) is 22.0. The lowest BCUT2D eigenvalue weighted by molar-refractivity contribution is -0.130. The van der Waals surface area contributed by atoms with Crippen LogP contribution in [0.1, 0.15) is 25.0 Å². The quantitative estimate of drug-likeness (QED) is 0.703. The molecule has 6 nitrogen and oxygen atoms in total. The van der Waals surface area contributed by atoms with Crippen molar-refractivity contribution in [2.75, 3.05) is 29.9 Å². The third-order valence-electron chi connectivity index (χ3n) is 4.65. The zero-order valence-electron chi connectivity index (χ0n) is 17.5. The van der Waals surface area contributed by atoms with E-state index in [0.717, 1.165) is 41.5 Å². The number of rotatable bonds is 7. The van der Waals surface area contributed by atoms with Crippen molar-refractivity contribution in [1.82, 2.24) is 10.2 Å². The molecule has 1 aliphatic rings. The van der Waals surface area contributed by atoms with Gasteiger partial charge in [-0.25, -0.2) is 4.79 Å². The molecule has 0 bridgehead atoms. The van der Waals surface area contributed by atoms with Gasteiger partial charge in [-0.1, -0.05) is 24.3 Å². The second kappa shape index (κ2) is 10.9. The molecule has 1 saturated heterocycles. The second-order valence-electron chi connectivity index (χ2n) is 7.49. The number of hydrogen-bond donors (Lipinski definition) is 2. The minimum Gasteiger partial charge on any atom is -0.491 e. The molecule has 2 N–H and O–H groups in total. The average Bonchev–Trinajstić information content (AvgIpc) is 2.74. The van der Waals surface area contributed by atoms with Crippen LogP contribution in [0.15, 0.2) is 48.5 Å². The van der Waals surface area contributed by atoms with Crippen LogP contribution in [0.5, 0.6) is 5.75 Å². The van der Waals surface area contributed by atoms with E-state index in [2.05, 4.69) is 10.6 Å². The molecule has 0 spiro atoms. The van der Waals surface area contributed by atoms with E-state index >= 15 is 0 Å². The molecule has 0 saturated carbocycles. The maximum atomic E-state index is 12.4. The molecule has 1 fully saturated rings. The van der Waals surface area contributed by atoms with Gasteiger partial charge < -0.3 is 20.3 Å². The molecule has 0 aliphatic carbocycles. The van der Waals surface area contributed by atoms with E-state index in [9.17, 15) is 9.59 Å². The van der Waals surface area contributed by atoms with Crippen LogP contribution in [0.3, 0.4) is 0 Å². The molecular formula is C23H29N3O3S. The number of carbonyl (C=O) groups is 2. The van der Waals surface area contributed by atoms with Crippen molar-refractivity contribution in [2.45, 2.75) is 32.9 Å². The average molecular weight is 428 g/mol. The Bertz CT molecular complexity index is 849. The summed E-state index contributed by atoms with van der Waals surface area (Å²) in [5.74, 6) is 2.98. The standard InChI is InChI=1S/C23H29N3O3S/c1-17(2)29-21-5-3-4-19(14-21)16-24-23(28)25-20-8-6-18(7-9-20)15-22(27)26-10-12-30-13-11-26/h3-9,14,17H,10-13,15-16H2,1-2H3,(H2,24,25,28). The van der Waals surface area contributed by atoms with Crippen LogP contribution in [-0.2, 0) is 17.8 Å². The zero-order chi connectivity index (χ0) is 21.3. The van der Waals surface area contributed by atoms with Crippen molar-refractivity contribution < 1.29 is 14.3 Å². The lowest BCUT2D eigenvalue weighted by Gasteiger charge is -2.26. The molecule has 3 rings (SSSR count). The summed E-state index contributed by atoms with van der Waals surface area (Å²) in [6.07, 6.45) is 0.500. The van der Waals surface area contributed by atoms with Crippen LogP contribution in [0.25, 0.3) is 0 Å². The molecule has 30 heavy (non-hydrogen) atoms. The molecule has 0 radical (unpaired) electrons. The number of carbonyl (C=O) groups excluding carboxylic acids is 2. The molecule has 2 aromatic rings. The Morgan fingerprint density at radius 3 is 2.50 bits per heavy atom. The number of urea groups is 1. The van der Waals surface area contributed by atoms with Gasteiger partial charge in [-0.05, 0) is 49.2 Å². The van der Waals surface area contributed by atoms with Crippen molar-refractivity contribution in [2.24, 2.45) is 0 Å². The fraction of sp³-hybridized carbons (Fsp3) is 0.391. The van der Waals surface area contributed by atoms with Crippen molar-refractivity contribution in [3.63, 3.8) is 0 Å². The Morgan fingerprint density at radius 1 is 1.07 bits per heavy atom. The molecule has 7 heteroatoms. The fourth-order valence-electron chi connectivity index (χ4n) is 3.16. The number of thioether (sulfide) groups is 1. The minimum atomic E-state index is -0.278. The summed E-state index contributed by atoms with van der Waals surface area (Å²) in [5.41, 5.74) is 2.61. The van der Waals surface area contributed by atoms with E-state index in [1.54, 1.807) is 0 Å². The van der Waals surface area contributed by atoms with Gasteiger partial charge in [0.25, 0.3) is 0 Å². The molecule has 0 unspecified atom stereocenters. The predicted octanol–water partition coefficient (Wildman–Crippen LogP) is 3.91. The first-order valence-corrected chi connectivity index (χ1v) is 11.4. The largest absolute Gasteiger partial charge is 0.491 e. The van der Waals surface area contributed by atoms with Gasteiger partial charge in [-0.3, -0.25) is 4.79 Å². The summed E-state index contributed by atoms with van der Waals surface area (Å²) in [6, 6.07) is 14.8. The van der Waals surface area contributed by atoms with Crippen LogP contribution in [-0.4, -0.2) is 47.5 Å². The summed E-state index contributed by atoms with van der Waals surface area (Å²) in [4.78, 5) is 26.5. The Morgan fingerprint density at radius 2 is 1.80 bits per heavy atom. The van der Waals surface area contributed by atoms with E-state index in [1.165, 1.54) is 0 Å².